The van der Waals surface area contributed by atoms with Crippen molar-refractivity contribution >= 4 is 27.5 Å². The normalized spacial score (nSPS) is 26.5. The molecule has 8 nitrogen and oxygen atoms in total. The minimum atomic E-state index is -3.61. The summed E-state index contributed by atoms with van der Waals surface area (Å²) in [5.41, 5.74) is 2.46. The molecule has 1 heterocycles. The van der Waals surface area contributed by atoms with Gasteiger partial charge in [-0.1, -0.05) is 77.4 Å². The number of benzene rings is 2. The van der Waals surface area contributed by atoms with Crippen LogP contribution in [0.4, 0.5) is 4.39 Å². The lowest BCUT2D eigenvalue weighted by atomic mass is 9.45. The van der Waals surface area contributed by atoms with Crippen molar-refractivity contribution < 1.29 is 22.3 Å². The molecule has 6 rings (SSSR count). The molecule has 2 aromatic rings. The first kappa shape index (κ1) is 39.0. The molecule has 1 aliphatic heterocycles. The van der Waals surface area contributed by atoms with Gasteiger partial charge < -0.3 is 15.0 Å². The third-order valence-electron chi connectivity index (χ3n) is 11.7. The number of nitrogens with one attached hydrogen (secondary N) is 1. The van der Waals surface area contributed by atoms with Gasteiger partial charge in [0.05, 0.1) is 12.9 Å². The molecule has 1 amide bonds. The third-order valence-corrected chi connectivity index (χ3v) is 13.9. The van der Waals surface area contributed by atoms with Crippen molar-refractivity contribution in [3.8, 4) is 5.75 Å². The predicted octanol–water partition coefficient (Wildman–Crippen LogP) is 6.95. The Kier molecular flexibility index (Phi) is 11.7. The molecule has 3 saturated carbocycles. The van der Waals surface area contributed by atoms with E-state index in [2.05, 4.69) is 56.7 Å². The van der Waals surface area contributed by atoms with Crippen molar-refractivity contribution in [2.24, 2.45) is 28.6 Å². The topological polar surface area (TPSA) is 82.2 Å². The number of amides is 1. The van der Waals surface area contributed by atoms with Gasteiger partial charge in [-0.3, -0.25) is 9.69 Å². The minimum absolute atomic E-state index is 0.00323. The van der Waals surface area contributed by atoms with Crippen molar-refractivity contribution in [2.75, 3.05) is 33.5 Å². The number of hydrogen-bond acceptors (Lipinski definition) is 6. The molecule has 0 radical (unpaired) electrons. The smallest absolute Gasteiger partial charge is 0.238 e. The zero-order chi connectivity index (χ0) is 36.8. The van der Waals surface area contributed by atoms with E-state index in [1.54, 1.807) is 12.1 Å². The van der Waals surface area contributed by atoms with Crippen LogP contribution in [0.3, 0.4) is 0 Å². The third kappa shape index (κ3) is 8.52. The lowest BCUT2D eigenvalue weighted by molar-refractivity contribution is -0.136. The predicted molar refractivity (Wildman–Crippen MR) is 199 cm³/mol. The summed E-state index contributed by atoms with van der Waals surface area (Å²) in [5.74, 6) is 0.991. The Labute approximate surface area is 305 Å². The number of nitrogens with zero attached hydrogens (tertiary/aromatic N) is 3. The van der Waals surface area contributed by atoms with Gasteiger partial charge >= 0.3 is 0 Å². The van der Waals surface area contributed by atoms with E-state index in [9.17, 15) is 13.2 Å². The van der Waals surface area contributed by atoms with E-state index in [-0.39, 0.29) is 54.4 Å². The van der Waals surface area contributed by atoms with E-state index < -0.39 is 21.9 Å². The van der Waals surface area contributed by atoms with E-state index in [1.165, 1.54) is 17.8 Å². The number of methoxy groups -OCH3 is 1. The number of carbonyl (C=O) groups is 1. The largest absolute Gasteiger partial charge is 0.494 e. The second-order valence-corrected chi connectivity index (χ2v) is 19.6. The number of rotatable bonds is 13. The van der Waals surface area contributed by atoms with Gasteiger partial charge in [-0.15, -0.1) is 0 Å². The maximum atomic E-state index is 15.6. The molecule has 1 saturated heterocycles. The summed E-state index contributed by atoms with van der Waals surface area (Å²) in [7, 11) is 1.91. The molecule has 0 aromatic heterocycles. The Balaban J connectivity index is 1.37. The highest BCUT2D eigenvalue weighted by Gasteiger charge is 2.56. The van der Waals surface area contributed by atoms with E-state index >= 15 is 4.39 Å². The van der Waals surface area contributed by atoms with Crippen molar-refractivity contribution in [2.45, 2.75) is 105 Å². The highest BCUT2D eigenvalue weighted by Crippen LogP contribution is 2.61. The SMILES string of the molecule is COc1ccc(Cl)c(CN(Cc2cccc(CN3C(C(=O)NC4CC5CC(C4C)C5(C)C)CCS3(=O)=O)c2)C(CN(C)C)CC(C)(C)C)c1F. The highest BCUT2D eigenvalue weighted by molar-refractivity contribution is 7.89. The van der Waals surface area contributed by atoms with Crippen LogP contribution in [-0.2, 0) is 34.5 Å². The van der Waals surface area contributed by atoms with E-state index in [0.717, 1.165) is 30.5 Å². The molecule has 4 aliphatic rings. The highest BCUT2D eigenvalue weighted by atomic mass is 35.5. The molecule has 50 heavy (non-hydrogen) atoms. The summed E-state index contributed by atoms with van der Waals surface area (Å²) in [4.78, 5) is 18.1. The molecule has 278 valence electrons. The first-order valence-electron chi connectivity index (χ1n) is 18.1. The van der Waals surface area contributed by atoms with E-state index in [4.69, 9.17) is 16.3 Å². The van der Waals surface area contributed by atoms with Gasteiger partial charge in [-0.2, -0.15) is 4.31 Å². The summed E-state index contributed by atoms with van der Waals surface area (Å²) in [6.07, 6.45) is 3.30. The van der Waals surface area contributed by atoms with Crippen molar-refractivity contribution in [3.05, 3.63) is 63.9 Å². The Morgan fingerprint density at radius 2 is 1.84 bits per heavy atom. The fourth-order valence-corrected chi connectivity index (χ4v) is 10.8. The van der Waals surface area contributed by atoms with Gasteiger partial charge in [0, 0.05) is 48.8 Å². The Hall–Kier alpha value is -2.24. The average molecular weight is 733 g/mol. The number of halogens is 2. The quantitative estimate of drug-likeness (QED) is 0.240. The summed E-state index contributed by atoms with van der Waals surface area (Å²) in [6, 6.07) is 10.5. The van der Waals surface area contributed by atoms with Gasteiger partial charge in [-0.25, -0.2) is 12.8 Å². The van der Waals surface area contributed by atoms with Crippen LogP contribution in [0.2, 0.25) is 5.02 Å². The molecule has 0 spiro atoms. The molecule has 11 heteroatoms. The Morgan fingerprint density at radius 1 is 1.14 bits per heavy atom. The summed E-state index contributed by atoms with van der Waals surface area (Å²) >= 11 is 6.60. The van der Waals surface area contributed by atoms with Crippen LogP contribution in [0, 0.1) is 34.4 Å². The summed E-state index contributed by atoms with van der Waals surface area (Å²) in [5, 5.41) is 3.62. The number of carbonyl (C=O) groups excluding carboxylic acids is 1. The van der Waals surface area contributed by atoms with Crippen molar-refractivity contribution in [1.82, 2.24) is 19.4 Å². The van der Waals surface area contributed by atoms with Gasteiger partial charge in [0.15, 0.2) is 11.6 Å². The van der Waals surface area contributed by atoms with Crippen LogP contribution >= 0.6 is 11.6 Å². The van der Waals surface area contributed by atoms with Crippen LogP contribution in [-0.4, -0.2) is 80.1 Å². The summed E-state index contributed by atoms with van der Waals surface area (Å²) < 4.78 is 49.1. The molecule has 4 fully saturated rings. The van der Waals surface area contributed by atoms with Crippen LogP contribution in [0.5, 0.6) is 5.75 Å². The number of likely N-dealkylation sites (N-methyl/N-ethyl adjacent to an activating group) is 1. The zero-order valence-electron chi connectivity index (χ0n) is 31.4. The Bertz CT molecular complexity index is 1640. The van der Waals surface area contributed by atoms with Crippen LogP contribution in [0.1, 0.15) is 83.9 Å². The van der Waals surface area contributed by atoms with Gasteiger partial charge in [0.2, 0.25) is 15.9 Å². The molecule has 2 bridgehead atoms. The van der Waals surface area contributed by atoms with E-state index in [1.807, 2.05) is 38.4 Å². The number of ether oxygens (including phenoxy) is 1. The second kappa shape index (κ2) is 15.0. The van der Waals surface area contributed by atoms with Crippen molar-refractivity contribution in [1.29, 1.82) is 0 Å². The summed E-state index contributed by atoms with van der Waals surface area (Å²) in [6.45, 7) is 15.1. The molecule has 6 atom stereocenters. The maximum Gasteiger partial charge on any atom is 0.238 e. The molecule has 1 N–H and O–H groups in total. The fraction of sp³-hybridized carbons (Fsp3) is 0.667. The first-order valence-corrected chi connectivity index (χ1v) is 20.1. The van der Waals surface area contributed by atoms with Crippen molar-refractivity contribution in [3.63, 3.8) is 0 Å². The maximum absolute atomic E-state index is 15.6. The lowest BCUT2D eigenvalue weighted by Crippen LogP contribution is -2.61. The molecule has 6 unspecified atom stereocenters. The Morgan fingerprint density at radius 3 is 2.46 bits per heavy atom. The average Bonchev–Trinajstić information content (AvgIpc) is 3.31. The molecule has 3 aliphatic carbocycles. The molecular weight excluding hydrogens is 675 g/mol. The van der Waals surface area contributed by atoms with Crippen LogP contribution < -0.4 is 10.1 Å². The van der Waals surface area contributed by atoms with E-state index in [0.29, 0.717) is 40.3 Å². The standard InChI is InChI=1S/C39H58ClFN4O4S/c1-25-31-18-28(39(31,5)6)19-33(25)42-37(46)34-15-16-50(47,48)45(34)22-27-12-10-11-26(17-27)21-44(29(23-43(7)8)20-38(2,3)4)24-30-32(40)13-14-35(49-9)36(30)41/h10-14,17,25,28-29,31,33-34H,15-16,18-24H2,1-9H3,(H,42,46). The van der Waals surface area contributed by atoms with Gasteiger partial charge in [-0.05, 0) is 91.6 Å². The monoisotopic (exact) mass is 732 g/mol. The second-order valence-electron chi connectivity index (χ2n) is 17.2. The molecule has 2 aromatic carbocycles. The van der Waals surface area contributed by atoms with Gasteiger partial charge in [0.25, 0.3) is 0 Å². The van der Waals surface area contributed by atoms with Gasteiger partial charge in [0.1, 0.15) is 6.04 Å². The number of fused-ring (bicyclic) bond motifs is 2. The minimum Gasteiger partial charge on any atom is -0.494 e. The number of sulfonamides is 1. The lowest BCUT2D eigenvalue weighted by Gasteiger charge is -2.62. The fourth-order valence-electron chi connectivity index (χ4n) is 8.88. The first-order chi connectivity index (χ1) is 23.3. The molecular formula is C39H58ClFN4O4S. The van der Waals surface area contributed by atoms with Crippen LogP contribution in [0.25, 0.3) is 0 Å². The zero-order valence-corrected chi connectivity index (χ0v) is 33.0. The van der Waals surface area contributed by atoms with Crippen LogP contribution in [0.15, 0.2) is 36.4 Å². The number of hydrogen-bond donors (Lipinski definition) is 1.